The molecule has 2 saturated heterocycles. The second-order valence-corrected chi connectivity index (χ2v) is 7.88. The van der Waals surface area contributed by atoms with Crippen molar-refractivity contribution in [1.29, 1.82) is 0 Å². The highest BCUT2D eigenvalue weighted by Gasteiger charge is 2.37. The zero-order chi connectivity index (χ0) is 16.3. The maximum atomic E-state index is 12.7. The zero-order valence-electron chi connectivity index (χ0n) is 13.5. The van der Waals surface area contributed by atoms with Gasteiger partial charge in [-0.2, -0.15) is 17.4 Å². The monoisotopic (exact) mass is 343 g/mol. The molecule has 23 heavy (non-hydrogen) atoms. The smallest absolute Gasteiger partial charge is 0.280 e. The predicted octanol–water partition coefficient (Wildman–Crippen LogP) is 0.972. The van der Waals surface area contributed by atoms with Gasteiger partial charge in [-0.3, -0.25) is 4.90 Å². The fourth-order valence-corrected chi connectivity index (χ4v) is 4.96. The lowest BCUT2D eigenvalue weighted by atomic mass is 10.2. The van der Waals surface area contributed by atoms with Gasteiger partial charge < -0.3 is 9.15 Å². The molecule has 0 saturated carbocycles. The second-order valence-electron chi connectivity index (χ2n) is 6.22. The fourth-order valence-electron chi connectivity index (χ4n) is 3.32. The van der Waals surface area contributed by atoms with Crippen molar-refractivity contribution >= 4 is 10.2 Å². The first-order valence-corrected chi connectivity index (χ1v) is 9.63. The first-order valence-electron chi connectivity index (χ1n) is 8.19. The Morgan fingerprint density at radius 1 is 1.35 bits per heavy atom. The highest BCUT2D eigenvalue weighted by atomic mass is 32.2. The lowest BCUT2D eigenvalue weighted by Crippen LogP contribution is -2.49. The lowest BCUT2D eigenvalue weighted by Gasteiger charge is -2.30. The van der Waals surface area contributed by atoms with Gasteiger partial charge >= 0.3 is 0 Å². The molecule has 8 heteroatoms. The number of furan rings is 1. The Labute approximate surface area is 137 Å². The fraction of sp³-hybridized carbons (Fsp3) is 0.733. The van der Waals surface area contributed by atoms with Crippen LogP contribution in [0.1, 0.15) is 31.6 Å². The van der Waals surface area contributed by atoms with E-state index in [1.165, 1.54) is 4.31 Å². The summed E-state index contributed by atoms with van der Waals surface area (Å²) in [6, 6.07) is 3.30. The highest BCUT2D eigenvalue weighted by Crippen LogP contribution is 2.33. The van der Waals surface area contributed by atoms with Gasteiger partial charge in [-0.1, -0.05) is 0 Å². The van der Waals surface area contributed by atoms with Crippen molar-refractivity contribution in [3.05, 3.63) is 24.2 Å². The molecule has 3 rings (SSSR count). The molecule has 7 nitrogen and oxygen atoms in total. The van der Waals surface area contributed by atoms with E-state index in [1.807, 2.05) is 13.0 Å². The summed E-state index contributed by atoms with van der Waals surface area (Å²) >= 11 is 0. The molecular formula is C15H25N3O4S. The Balaban J connectivity index is 1.61. The zero-order valence-corrected chi connectivity index (χ0v) is 14.3. The molecule has 0 aliphatic carbocycles. The van der Waals surface area contributed by atoms with E-state index >= 15 is 0 Å². The average Bonchev–Trinajstić information content (AvgIpc) is 3.19. The van der Waals surface area contributed by atoms with Gasteiger partial charge in [0.05, 0.1) is 25.5 Å². The van der Waals surface area contributed by atoms with Crippen molar-refractivity contribution in [2.75, 3.05) is 39.4 Å². The maximum absolute atomic E-state index is 12.7. The summed E-state index contributed by atoms with van der Waals surface area (Å²) in [5, 5.41) is 0. The molecule has 0 unspecified atom stereocenters. The van der Waals surface area contributed by atoms with Gasteiger partial charge in [-0.25, -0.2) is 0 Å². The summed E-state index contributed by atoms with van der Waals surface area (Å²) in [7, 11) is -3.52. The van der Waals surface area contributed by atoms with E-state index in [4.69, 9.17) is 9.15 Å². The average molecular weight is 343 g/mol. The molecule has 0 radical (unpaired) electrons. The van der Waals surface area contributed by atoms with E-state index in [-0.39, 0.29) is 12.1 Å². The van der Waals surface area contributed by atoms with Gasteiger partial charge in [0.15, 0.2) is 0 Å². The van der Waals surface area contributed by atoms with Crippen LogP contribution >= 0.6 is 0 Å². The molecule has 2 aliphatic rings. The molecule has 130 valence electrons. The van der Waals surface area contributed by atoms with Crippen molar-refractivity contribution in [3.8, 4) is 0 Å². The van der Waals surface area contributed by atoms with E-state index in [0.717, 1.165) is 25.9 Å². The summed E-state index contributed by atoms with van der Waals surface area (Å²) in [5.74, 6) is 0.716. The molecule has 1 aromatic heterocycles. The SMILES string of the molecule is C[C@@H](CN1CCOCC1)NS(=O)(=O)N1CCC[C@@H]1c1ccco1. The van der Waals surface area contributed by atoms with E-state index in [9.17, 15) is 8.42 Å². The number of nitrogens with one attached hydrogen (secondary N) is 1. The lowest BCUT2D eigenvalue weighted by molar-refractivity contribution is 0.0353. The van der Waals surface area contributed by atoms with Crippen molar-refractivity contribution < 1.29 is 17.6 Å². The summed E-state index contributed by atoms with van der Waals surface area (Å²) < 4.78 is 40.5. The van der Waals surface area contributed by atoms with Gasteiger partial charge in [0.2, 0.25) is 0 Å². The standard InChI is InChI=1S/C15H25N3O4S/c1-13(12-17-7-10-21-11-8-17)16-23(19,20)18-6-2-4-14(18)15-5-3-9-22-15/h3,5,9,13-14,16H,2,4,6-8,10-12H2,1H3/t13-,14+/m0/s1. The van der Waals surface area contributed by atoms with E-state index in [1.54, 1.807) is 12.3 Å². The molecule has 2 aliphatic heterocycles. The minimum Gasteiger partial charge on any atom is -0.468 e. The quantitative estimate of drug-likeness (QED) is 0.833. The number of hydrogen-bond acceptors (Lipinski definition) is 5. The number of morpholine rings is 1. The second kappa shape index (κ2) is 7.31. The number of rotatable bonds is 6. The summed E-state index contributed by atoms with van der Waals surface area (Å²) in [4.78, 5) is 2.23. The van der Waals surface area contributed by atoms with Crippen LogP contribution in [0.2, 0.25) is 0 Å². The van der Waals surface area contributed by atoms with Crippen LogP contribution in [0, 0.1) is 0 Å². The van der Waals surface area contributed by atoms with Crippen LogP contribution in [0.5, 0.6) is 0 Å². The number of ether oxygens (including phenoxy) is 1. The largest absolute Gasteiger partial charge is 0.468 e. The first-order chi connectivity index (χ1) is 11.1. The Morgan fingerprint density at radius 2 is 2.13 bits per heavy atom. The van der Waals surface area contributed by atoms with E-state index in [0.29, 0.717) is 32.1 Å². The van der Waals surface area contributed by atoms with E-state index < -0.39 is 10.2 Å². The van der Waals surface area contributed by atoms with Gasteiger partial charge in [-0.05, 0) is 31.9 Å². The van der Waals surface area contributed by atoms with Crippen LogP contribution in [0.4, 0.5) is 0 Å². The Morgan fingerprint density at radius 3 is 2.83 bits per heavy atom. The number of hydrogen-bond donors (Lipinski definition) is 1. The van der Waals surface area contributed by atoms with Crippen LogP contribution in [0.3, 0.4) is 0 Å². The molecular weight excluding hydrogens is 318 g/mol. The minimum atomic E-state index is -3.52. The predicted molar refractivity (Wildman–Crippen MR) is 86.2 cm³/mol. The van der Waals surface area contributed by atoms with Crippen LogP contribution in [0.15, 0.2) is 22.8 Å². The van der Waals surface area contributed by atoms with Crippen molar-refractivity contribution in [2.45, 2.75) is 31.8 Å². The van der Waals surface area contributed by atoms with E-state index in [2.05, 4.69) is 9.62 Å². The van der Waals surface area contributed by atoms with Crippen molar-refractivity contribution in [2.24, 2.45) is 0 Å². The first kappa shape index (κ1) is 16.9. The third-order valence-electron chi connectivity index (χ3n) is 4.37. The van der Waals surface area contributed by atoms with Gasteiger partial charge in [0.1, 0.15) is 5.76 Å². The van der Waals surface area contributed by atoms with Crippen molar-refractivity contribution in [1.82, 2.24) is 13.9 Å². The topological polar surface area (TPSA) is 75.0 Å². The Kier molecular flexibility index (Phi) is 5.38. The molecule has 0 bridgehead atoms. The molecule has 1 aromatic rings. The number of nitrogens with zero attached hydrogens (tertiary/aromatic N) is 2. The van der Waals surface area contributed by atoms with Crippen LogP contribution in [0.25, 0.3) is 0 Å². The summed E-state index contributed by atoms with van der Waals surface area (Å²) in [6.45, 7) is 6.27. The normalized spacial score (nSPS) is 25.7. The van der Waals surface area contributed by atoms with Gasteiger partial charge in [-0.15, -0.1) is 0 Å². The molecule has 3 heterocycles. The van der Waals surface area contributed by atoms with Crippen molar-refractivity contribution in [3.63, 3.8) is 0 Å². The van der Waals surface area contributed by atoms with Crippen LogP contribution in [-0.4, -0.2) is 63.1 Å². The Hall–Kier alpha value is -0.930. The van der Waals surface area contributed by atoms with Gasteiger partial charge in [0, 0.05) is 32.2 Å². The summed E-state index contributed by atoms with van der Waals surface area (Å²) in [5.41, 5.74) is 0. The third-order valence-corrected chi connectivity index (χ3v) is 6.12. The summed E-state index contributed by atoms with van der Waals surface area (Å²) in [6.07, 6.45) is 3.24. The van der Waals surface area contributed by atoms with Crippen LogP contribution in [-0.2, 0) is 14.9 Å². The van der Waals surface area contributed by atoms with Gasteiger partial charge in [0.25, 0.3) is 10.2 Å². The molecule has 0 amide bonds. The molecule has 0 spiro atoms. The van der Waals surface area contributed by atoms with Crippen LogP contribution < -0.4 is 4.72 Å². The highest BCUT2D eigenvalue weighted by molar-refractivity contribution is 7.87. The minimum absolute atomic E-state index is 0.143. The molecule has 2 fully saturated rings. The molecule has 1 N–H and O–H groups in total. The Bertz CT molecular complexity index is 584. The molecule has 2 atom stereocenters. The third kappa shape index (κ3) is 4.13. The molecule has 0 aromatic carbocycles. The maximum Gasteiger partial charge on any atom is 0.280 e.